The Morgan fingerprint density at radius 1 is 1.80 bits per heavy atom. The molecule has 0 radical (unpaired) electrons. The van der Waals surface area contributed by atoms with E-state index >= 15 is 0 Å². The number of thiol groups is 1. The zero-order valence-corrected chi connectivity index (χ0v) is 8.05. The maximum atomic E-state index is 5.09. The number of rotatable bonds is 2. The van der Waals surface area contributed by atoms with Crippen LogP contribution in [0.4, 0.5) is 0 Å². The topological polar surface area (TPSA) is 9.23 Å². The first-order chi connectivity index (χ1) is 4.67. The molecule has 1 atom stereocenters. The molecule has 0 spiro atoms. The molecule has 1 aliphatic carbocycles. The first-order valence-corrected chi connectivity index (χ1v) is 6.56. The van der Waals surface area contributed by atoms with Crippen molar-refractivity contribution in [3.05, 3.63) is 29.3 Å². The fourth-order valence-electron chi connectivity index (χ4n) is 0.595. The van der Waals surface area contributed by atoms with Crippen LogP contribution in [-0.4, -0.2) is 7.11 Å². The average Bonchev–Trinajstić information content (AvgIpc) is 2.38. The molecule has 0 saturated heterocycles. The fraction of sp³-hybridized carbons (Fsp3) is 0.167. The van der Waals surface area contributed by atoms with Gasteiger partial charge in [0.25, 0.3) is 0 Å². The first kappa shape index (κ1) is 8.32. The zero-order chi connectivity index (χ0) is 7.61. The third-order valence-electron chi connectivity index (χ3n) is 1.13. The van der Waals surface area contributed by atoms with E-state index in [0.29, 0.717) is 0 Å². The minimum Gasteiger partial charge on any atom is -0.341 e. The zero-order valence-electron chi connectivity index (χ0n) is 5.44. The lowest BCUT2D eigenvalue weighted by Crippen LogP contribution is -1.76. The van der Waals surface area contributed by atoms with Gasteiger partial charge in [-0.15, -0.1) is 18.0 Å². The summed E-state index contributed by atoms with van der Waals surface area (Å²) in [6, 6.07) is 0. The lowest BCUT2D eigenvalue weighted by molar-refractivity contribution is 0.475. The van der Waals surface area contributed by atoms with Crippen molar-refractivity contribution in [1.82, 2.24) is 0 Å². The molecular weight excluding hydrogens is 183 g/mol. The van der Waals surface area contributed by atoms with Gasteiger partial charge in [0.1, 0.15) is 0 Å². The van der Waals surface area contributed by atoms with Gasteiger partial charge in [0.2, 0.25) is 0 Å². The van der Waals surface area contributed by atoms with Crippen LogP contribution in [-0.2, 0) is 16.3 Å². The Morgan fingerprint density at radius 2 is 2.50 bits per heavy atom. The second kappa shape index (κ2) is 3.08. The molecule has 0 aromatic carbocycles. The largest absolute Gasteiger partial charge is 0.341 e. The minimum absolute atomic E-state index is 0.897. The van der Waals surface area contributed by atoms with E-state index in [1.165, 1.54) is 0 Å². The Balaban J connectivity index is 2.95. The van der Waals surface area contributed by atoms with Crippen molar-refractivity contribution in [2.75, 3.05) is 7.11 Å². The van der Waals surface area contributed by atoms with Gasteiger partial charge in [-0.3, -0.25) is 0 Å². The Hall–Kier alpha value is 0.220. The average molecular weight is 190 g/mol. The van der Waals surface area contributed by atoms with Gasteiger partial charge >= 0.3 is 0 Å². The summed E-state index contributed by atoms with van der Waals surface area (Å²) in [6.45, 7) is 0. The van der Waals surface area contributed by atoms with E-state index in [2.05, 4.69) is 18.0 Å². The summed E-state index contributed by atoms with van der Waals surface area (Å²) >= 11 is 9.30. The Kier molecular flexibility index (Phi) is 2.56. The summed E-state index contributed by atoms with van der Waals surface area (Å²) in [4.78, 5) is 0. The highest BCUT2D eigenvalue weighted by Crippen LogP contribution is 2.59. The summed E-state index contributed by atoms with van der Waals surface area (Å²) in [5.41, 5.74) is 0.966. The van der Waals surface area contributed by atoms with Gasteiger partial charge in [-0.05, 0) is 12.2 Å². The summed E-state index contributed by atoms with van der Waals surface area (Å²) in [7, 11) is 1.58. The molecule has 0 amide bonds. The Bertz CT molecular complexity index is 273. The number of hydrogen-bond acceptors (Lipinski definition) is 2. The summed E-state index contributed by atoms with van der Waals surface area (Å²) in [6.07, 6.45) is 5.58. The van der Waals surface area contributed by atoms with E-state index in [1.54, 1.807) is 7.11 Å². The lowest BCUT2D eigenvalue weighted by Gasteiger charge is -2.10. The van der Waals surface area contributed by atoms with Crippen molar-refractivity contribution in [2.45, 2.75) is 0 Å². The third kappa shape index (κ3) is 1.63. The van der Waals surface area contributed by atoms with Crippen LogP contribution in [0.3, 0.4) is 0 Å². The van der Waals surface area contributed by atoms with Crippen molar-refractivity contribution in [1.29, 1.82) is 0 Å². The second-order valence-electron chi connectivity index (χ2n) is 1.76. The second-order valence-corrected chi connectivity index (χ2v) is 7.69. The molecular formula is C6H7OPS2. The van der Waals surface area contributed by atoms with Crippen LogP contribution >= 0.6 is 17.7 Å². The molecule has 1 unspecified atom stereocenters. The lowest BCUT2D eigenvalue weighted by atomic mass is 10.6. The molecule has 0 bridgehead atoms. The van der Waals surface area contributed by atoms with Crippen molar-refractivity contribution in [3.63, 3.8) is 0 Å². The van der Waals surface area contributed by atoms with Crippen LogP contribution in [0.2, 0.25) is 0 Å². The molecule has 1 rings (SSSR count). The van der Waals surface area contributed by atoms with E-state index in [1.807, 2.05) is 18.2 Å². The molecule has 1 aliphatic rings. The molecule has 10 heavy (non-hydrogen) atoms. The van der Waals surface area contributed by atoms with Crippen LogP contribution in [0.25, 0.3) is 0 Å². The molecule has 4 heteroatoms. The fourth-order valence-corrected chi connectivity index (χ4v) is 2.02. The standard InChI is InChI=1S/C6H7OPS2/c1-7-8(9,10)6-4-2-3-5-6/h2-4H,1H3,(H,9,10). The van der Waals surface area contributed by atoms with Crippen molar-refractivity contribution in [2.24, 2.45) is 0 Å². The van der Waals surface area contributed by atoms with Crippen LogP contribution in [0.15, 0.2) is 29.3 Å². The summed E-state index contributed by atoms with van der Waals surface area (Å²) in [5.74, 6) is 0. The molecule has 1 nitrogen and oxygen atoms in total. The summed E-state index contributed by atoms with van der Waals surface area (Å²) < 4.78 is 5.04. The smallest absolute Gasteiger partial charge is 0.153 e. The number of allylic oxidation sites excluding steroid dienone is 3. The molecule has 0 aliphatic heterocycles. The van der Waals surface area contributed by atoms with E-state index in [9.17, 15) is 0 Å². The van der Waals surface area contributed by atoms with Crippen LogP contribution < -0.4 is 0 Å². The molecule has 0 saturated carbocycles. The van der Waals surface area contributed by atoms with Gasteiger partial charge in [0, 0.05) is 7.11 Å². The normalized spacial score (nSPS) is 20.8. The highest BCUT2D eigenvalue weighted by molar-refractivity contribution is 8.63. The summed E-state index contributed by atoms with van der Waals surface area (Å²) in [5, 5.41) is 0.897. The predicted molar refractivity (Wildman–Crippen MR) is 51.0 cm³/mol. The maximum absolute atomic E-state index is 5.09. The molecule has 0 fully saturated rings. The maximum Gasteiger partial charge on any atom is 0.153 e. The Labute approximate surface area is 70.7 Å². The van der Waals surface area contributed by atoms with Gasteiger partial charge in [0.15, 0.2) is 5.47 Å². The van der Waals surface area contributed by atoms with Gasteiger partial charge in [0.05, 0.1) is 5.31 Å². The van der Waals surface area contributed by atoms with E-state index in [-0.39, 0.29) is 0 Å². The monoisotopic (exact) mass is 190 g/mol. The quantitative estimate of drug-likeness (QED) is 0.407. The highest BCUT2D eigenvalue weighted by atomic mass is 32.9. The van der Waals surface area contributed by atoms with Crippen molar-refractivity contribution in [3.8, 4) is 0 Å². The van der Waals surface area contributed by atoms with Crippen LogP contribution in [0, 0.1) is 0 Å². The van der Waals surface area contributed by atoms with E-state index < -0.39 is 5.47 Å². The predicted octanol–water partition coefficient (Wildman–Crippen LogP) is 2.48. The molecule has 0 aromatic heterocycles. The van der Waals surface area contributed by atoms with Crippen LogP contribution in [0.1, 0.15) is 0 Å². The molecule has 0 aromatic rings. The van der Waals surface area contributed by atoms with Crippen molar-refractivity contribution < 1.29 is 4.52 Å². The van der Waals surface area contributed by atoms with Gasteiger partial charge in [-0.25, -0.2) is 0 Å². The molecule has 54 valence electrons. The Morgan fingerprint density at radius 3 is 2.90 bits per heavy atom. The highest BCUT2D eigenvalue weighted by Gasteiger charge is 2.14. The van der Waals surface area contributed by atoms with Crippen LogP contribution in [0.5, 0.6) is 0 Å². The first-order valence-electron chi connectivity index (χ1n) is 2.69. The SMILES string of the molecule is COP(=S)(S)C1=C=CC=C1. The number of hydrogen-bond donors (Lipinski definition) is 1. The molecule has 0 N–H and O–H groups in total. The minimum atomic E-state index is -2.01. The van der Waals surface area contributed by atoms with Gasteiger partial charge in [-0.2, -0.15) is 0 Å². The van der Waals surface area contributed by atoms with Crippen molar-refractivity contribution >= 4 is 29.5 Å². The molecule has 0 heterocycles. The third-order valence-corrected chi connectivity index (χ3v) is 4.69. The van der Waals surface area contributed by atoms with Gasteiger partial charge < -0.3 is 4.52 Å². The van der Waals surface area contributed by atoms with Gasteiger partial charge in [-0.1, -0.05) is 17.9 Å². The van der Waals surface area contributed by atoms with E-state index in [0.717, 1.165) is 5.31 Å². The van der Waals surface area contributed by atoms with E-state index in [4.69, 9.17) is 16.3 Å².